The molecule has 1 aliphatic rings. The number of benzene rings is 20. The van der Waals surface area contributed by atoms with Crippen LogP contribution < -0.4 is 29.4 Å². The maximum atomic E-state index is 6.29. The Morgan fingerprint density at radius 2 is 0.427 bits per heavy atom. The molecule has 0 amide bonds. The molecule has 710 valence electrons. The Morgan fingerprint density at radius 3 is 0.699 bits per heavy atom. The quantitative estimate of drug-likeness (QED) is 0.0626. The van der Waals surface area contributed by atoms with Crippen LogP contribution in [0.15, 0.2) is 461 Å². The van der Waals surface area contributed by atoms with Crippen molar-refractivity contribution in [3.05, 3.63) is 539 Å². The molecule has 0 N–H and O–H groups in total. The summed E-state index contributed by atoms with van der Waals surface area (Å²) >= 11 is 0. The number of hydrogen-bond donors (Lipinski definition) is 0. The van der Waals surface area contributed by atoms with Gasteiger partial charge in [-0.25, -0.2) is 0 Å². The van der Waals surface area contributed by atoms with Crippen molar-refractivity contribution in [3.8, 4) is 22.3 Å². The average molecular weight is 1880 g/mol. The fourth-order valence-electron chi connectivity index (χ4n) is 20.6. The molecular weight excluding hydrogens is 1750 g/mol. The molecule has 7 heteroatoms. The zero-order valence-electron chi connectivity index (χ0n) is 85.8. The molecule has 1 unspecified atom stereocenters. The summed E-state index contributed by atoms with van der Waals surface area (Å²) in [5.41, 5.74) is 43.7. The van der Waals surface area contributed by atoms with Gasteiger partial charge in [-0.3, -0.25) is 0 Å². The molecule has 0 heterocycles. The number of aryl methyl sites for hydroxylation is 12. The van der Waals surface area contributed by atoms with Gasteiger partial charge in [0, 0.05) is 109 Å². The Hall–Kier alpha value is -15.9. The maximum absolute atomic E-state index is 6.29. The van der Waals surface area contributed by atoms with Crippen molar-refractivity contribution in [3.63, 3.8) is 0 Å². The number of rotatable bonds is 22. The number of fused-ring (bicyclic) bond motifs is 2. The van der Waals surface area contributed by atoms with Crippen LogP contribution in [-0.4, -0.2) is 7.92 Å². The van der Waals surface area contributed by atoms with E-state index in [-0.39, 0.29) is 28.7 Å². The maximum Gasteiger partial charge on any atom is 0.0543 e. The highest BCUT2D eigenvalue weighted by molar-refractivity contribution is 7.15. The lowest BCUT2D eigenvalue weighted by Crippen LogP contribution is -2.30. The third kappa shape index (κ3) is 22.2. The van der Waals surface area contributed by atoms with Crippen molar-refractivity contribution < 1.29 is 1.37 Å². The zero-order chi connectivity index (χ0) is 99.7. The minimum absolute atomic E-state index is 0. The van der Waals surface area contributed by atoms with Gasteiger partial charge in [0.15, 0.2) is 0 Å². The van der Waals surface area contributed by atoms with Crippen LogP contribution in [-0.2, 0) is 5.41 Å². The molecule has 143 heavy (non-hydrogen) atoms. The molecule has 0 aromatic heterocycles. The predicted octanol–water partition coefficient (Wildman–Crippen LogP) is 39.6. The smallest absolute Gasteiger partial charge is 0.0543 e. The monoisotopic (exact) mass is 1880 g/mol. The van der Waals surface area contributed by atoms with Crippen LogP contribution in [0, 0.1) is 83.1 Å². The van der Waals surface area contributed by atoms with Crippen LogP contribution >= 0.6 is 9.18 Å². The topological polar surface area (TPSA) is 19.4 Å². The standard InChI is InChI=1S/C46H36N2.C46H46N2.C42H40N2.CH5P.CH4/c1-33-31-39(47(37-19-5-3-6-20-37)45-25-13-17-35-15-9-11-23-43(35)45)27-29-41(33)42-30-28-40(32-34(42)2)48(38-21-7-4-8-22-38)46-26-14-18-36-16-10-12-24-44(36)46;1-34-8-20-40(21-9-34)47(41-22-10-35(2)11-23-41)44-28-16-38(17-29-44)46(32-6-5-7-33-46)39-18-30-45(31-19-39)48(42-24-12-36(3)13-25-42)43-26-14-37(4)15-27-43;1-29-11-7-15-35(23-29)43(36-16-8-12-30(2)24-36)39-19-21-41(33(5)27-39)42-22-20-40(28-34(42)6)44(37-17-9-13-31(3)25-37)38-18-10-14-32(4)26-38;1-2;/h3-32H,1-2H3;8-31H,5-7,32-33H2,1-4H3;7-28H,1-6H3;2H2,1H3;1H4/i;;;1T,2D;. The summed E-state index contributed by atoms with van der Waals surface area (Å²) in [7, 11) is 0.0571. The number of hydrogen-bond acceptors (Lipinski definition) is 6. The lowest BCUT2D eigenvalue weighted by atomic mass is 9.65. The third-order valence-corrected chi connectivity index (χ3v) is 27.8. The van der Waals surface area contributed by atoms with Crippen LogP contribution in [0.4, 0.5) is 102 Å². The molecule has 0 radical (unpaired) electrons. The minimum atomic E-state index is 0. The molecular formula is C136H131N6P. The van der Waals surface area contributed by atoms with Gasteiger partial charge in [-0.1, -0.05) is 310 Å². The van der Waals surface area contributed by atoms with Crippen molar-refractivity contribution >= 4 is 133 Å². The van der Waals surface area contributed by atoms with E-state index in [0.29, 0.717) is 0 Å². The van der Waals surface area contributed by atoms with E-state index in [0.717, 1.165) is 56.9 Å². The summed E-state index contributed by atoms with van der Waals surface area (Å²) in [6.07, 6.45) is 6.15. The van der Waals surface area contributed by atoms with Crippen LogP contribution in [0.3, 0.4) is 0 Å². The van der Waals surface area contributed by atoms with Gasteiger partial charge in [0.05, 0.1) is 12.7 Å². The van der Waals surface area contributed by atoms with Gasteiger partial charge in [-0.2, -0.15) is 0 Å². The summed E-state index contributed by atoms with van der Waals surface area (Å²) in [6.45, 7) is 26.4. The van der Waals surface area contributed by atoms with E-state index in [9.17, 15) is 0 Å². The molecule has 0 aliphatic heterocycles. The molecule has 20 aromatic carbocycles. The molecule has 0 spiro atoms. The van der Waals surface area contributed by atoms with E-state index in [4.69, 9.17) is 2.65 Å². The van der Waals surface area contributed by atoms with Crippen molar-refractivity contribution in [1.82, 2.24) is 0 Å². The second-order valence-electron chi connectivity index (χ2n) is 38.1. The van der Waals surface area contributed by atoms with E-state index in [2.05, 4.69) is 574 Å². The Morgan fingerprint density at radius 1 is 0.210 bits per heavy atom. The molecule has 1 saturated carbocycles. The van der Waals surface area contributed by atoms with E-state index in [1.807, 2.05) is 0 Å². The van der Waals surface area contributed by atoms with Crippen LogP contribution in [0.1, 0.15) is 119 Å². The number of para-hydroxylation sites is 2. The van der Waals surface area contributed by atoms with Gasteiger partial charge < -0.3 is 29.4 Å². The summed E-state index contributed by atoms with van der Waals surface area (Å²) in [5.74, 6) is 0. The first-order valence-corrected chi connectivity index (χ1v) is 50.4. The average Bonchev–Trinajstić information content (AvgIpc) is 0.764. The highest BCUT2D eigenvalue weighted by atomic mass is 31.0. The highest BCUT2D eigenvalue weighted by Crippen LogP contribution is 2.51. The molecule has 6 nitrogen and oxygen atoms in total. The van der Waals surface area contributed by atoms with Crippen LogP contribution in [0.2, 0.25) is 0 Å². The third-order valence-electron chi connectivity index (χ3n) is 27.8. The van der Waals surface area contributed by atoms with Crippen LogP contribution in [0.25, 0.3) is 43.8 Å². The fraction of sp³-hybridized carbons (Fsp3) is 0.147. The van der Waals surface area contributed by atoms with Gasteiger partial charge >= 0.3 is 0 Å². The second-order valence-corrected chi connectivity index (χ2v) is 38.1. The van der Waals surface area contributed by atoms with E-state index in [1.165, 1.54) is 199 Å². The summed E-state index contributed by atoms with van der Waals surface area (Å²) in [5, 5.41) is 4.92. The van der Waals surface area contributed by atoms with Crippen LogP contribution in [0.5, 0.6) is 0 Å². The SMILES string of the molecule is C.Cc1cc(N(c2ccccc2)c2cccc3ccccc23)ccc1-c1ccc(N(c2ccccc2)c2cccc3ccccc23)cc1C.Cc1ccc(N(c2ccc(C)cc2)c2ccc(C3(c4ccc(N(c5ccc(C)cc5)c5ccc(C)cc5)cc4)CCCCC3)cc2)cc1.Cc1cccc(N(c2cccc(C)c2)c2ccc(-c3ccc(N(c4cccc(C)c4)c4cccc(C)c4)cc3C)c(C)c2)c1.[2H]PC[3H]. The first-order valence-electron chi connectivity index (χ1n) is 50.9. The zero-order valence-corrected chi connectivity index (χ0v) is 84.8. The molecule has 21 rings (SSSR count). The molecule has 1 atom stereocenters. The Kier molecular flexibility index (Phi) is 30.3. The van der Waals surface area contributed by atoms with Crippen molar-refractivity contribution in [2.24, 2.45) is 0 Å². The molecule has 0 bridgehead atoms. The van der Waals surface area contributed by atoms with E-state index in [1.54, 1.807) is 0 Å². The van der Waals surface area contributed by atoms with Gasteiger partial charge in [0.2, 0.25) is 0 Å². The predicted molar refractivity (Wildman–Crippen MR) is 623 cm³/mol. The van der Waals surface area contributed by atoms with Gasteiger partial charge in [0.25, 0.3) is 0 Å². The highest BCUT2D eigenvalue weighted by Gasteiger charge is 2.37. The van der Waals surface area contributed by atoms with Gasteiger partial charge in [-0.15, -0.1) is 9.18 Å². The number of anilines is 18. The minimum Gasteiger partial charge on any atom is -0.311 e. The summed E-state index contributed by atoms with van der Waals surface area (Å²) in [6, 6.07) is 168. The summed E-state index contributed by atoms with van der Waals surface area (Å²) < 4.78 is 12.6. The van der Waals surface area contributed by atoms with E-state index < -0.39 is 0 Å². The molecule has 20 aromatic rings. The number of nitrogens with zero attached hydrogens (tertiary/aromatic N) is 6. The molecule has 0 saturated heterocycles. The second kappa shape index (κ2) is 45.2. The van der Waals surface area contributed by atoms with Crippen molar-refractivity contribution in [2.75, 3.05) is 36.0 Å². The van der Waals surface area contributed by atoms with Gasteiger partial charge in [-0.05, 0) is 391 Å². The lowest BCUT2D eigenvalue weighted by Gasteiger charge is -2.39. The fourth-order valence-corrected chi connectivity index (χ4v) is 20.6. The van der Waals surface area contributed by atoms with Crippen molar-refractivity contribution in [1.29, 1.82) is 1.28 Å². The van der Waals surface area contributed by atoms with Crippen molar-refractivity contribution in [2.45, 2.75) is 128 Å². The molecule has 1 fully saturated rings. The Balaban J connectivity index is 0.000000146. The first kappa shape index (κ1) is 96.0. The largest absolute Gasteiger partial charge is 0.311 e. The Bertz CT molecular complexity index is 7130. The lowest BCUT2D eigenvalue weighted by molar-refractivity contribution is 0.346. The first-order chi connectivity index (χ1) is 70.2. The summed E-state index contributed by atoms with van der Waals surface area (Å²) in [4.78, 5) is 14.2. The van der Waals surface area contributed by atoms with E-state index >= 15 is 0 Å². The molecule has 1 aliphatic carbocycles. The van der Waals surface area contributed by atoms with Gasteiger partial charge in [0.1, 0.15) is 0 Å². The normalized spacial score (nSPS) is 12.1. The Labute approximate surface area is 855 Å².